The molecule has 0 aliphatic rings. The molecule has 0 radical (unpaired) electrons. The van der Waals surface area contributed by atoms with Crippen molar-refractivity contribution in [2.24, 2.45) is 7.05 Å². The molecule has 3 rings (SSSR count). The van der Waals surface area contributed by atoms with Crippen molar-refractivity contribution in [1.29, 1.82) is 0 Å². The average molecular weight is 434 g/mol. The summed E-state index contributed by atoms with van der Waals surface area (Å²) in [5, 5.41) is 10.9. The van der Waals surface area contributed by atoms with Crippen LogP contribution < -0.4 is 14.8 Å². The van der Waals surface area contributed by atoms with Gasteiger partial charge in [0.1, 0.15) is 17.3 Å². The Morgan fingerprint density at radius 2 is 1.80 bits per heavy atom. The van der Waals surface area contributed by atoms with E-state index in [2.05, 4.69) is 15.5 Å². The van der Waals surface area contributed by atoms with Crippen LogP contribution in [0.2, 0.25) is 0 Å². The maximum atomic E-state index is 13.7. The van der Waals surface area contributed by atoms with E-state index < -0.39 is 29.3 Å². The molecule has 0 spiro atoms. The van der Waals surface area contributed by atoms with E-state index >= 15 is 0 Å². The van der Waals surface area contributed by atoms with E-state index in [0.717, 1.165) is 23.9 Å². The predicted octanol–water partition coefficient (Wildman–Crippen LogP) is 3.97. The monoisotopic (exact) mass is 434 g/mol. The normalized spacial score (nSPS) is 11.8. The lowest BCUT2D eigenvalue weighted by Gasteiger charge is -2.16. The number of anilines is 1. The fourth-order valence-electron chi connectivity index (χ4n) is 2.69. The second kappa shape index (κ2) is 9.57. The van der Waals surface area contributed by atoms with E-state index in [4.69, 9.17) is 9.47 Å². The van der Waals surface area contributed by atoms with Gasteiger partial charge in [0.15, 0.2) is 28.6 Å². The number of carbonyl (C=O) groups is 1. The van der Waals surface area contributed by atoms with Crippen molar-refractivity contribution in [3.05, 3.63) is 59.9 Å². The fourth-order valence-corrected chi connectivity index (χ4v) is 3.41. The summed E-state index contributed by atoms with van der Waals surface area (Å²) >= 11 is 1.09. The first-order valence-corrected chi connectivity index (χ1v) is 9.95. The number of nitrogens with zero attached hydrogens (tertiary/aromatic N) is 3. The minimum atomic E-state index is -0.836. The van der Waals surface area contributed by atoms with E-state index in [9.17, 15) is 13.6 Å². The number of carbonyl (C=O) groups excluding carboxylic acids is 1. The van der Waals surface area contributed by atoms with Crippen LogP contribution in [-0.2, 0) is 11.8 Å². The number of halogens is 2. The first kappa shape index (κ1) is 21.6. The van der Waals surface area contributed by atoms with Crippen LogP contribution in [0.4, 0.5) is 14.5 Å². The SMILES string of the molecule is COc1ccccc1OC(C)c1nnc(SCC(=O)Nc2c(F)cccc2F)n1C. The number of ether oxygens (including phenoxy) is 2. The number of thioether (sulfide) groups is 1. The lowest BCUT2D eigenvalue weighted by Crippen LogP contribution is -2.16. The molecule has 1 aromatic heterocycles. The third-order valence-electron chi connectivity index (χ3n) is 4.16. The van der Waals surface area contributed by atoms with Gasteiger partial charge in [-0.3, -0.25) is 4.79 Å². The fraction of sp³-hybridized carbons (Fsp3) is 0.250. The number of hydrogen-bond donors (Lipinski definition) is 1. The Balaban J connectivity index is 1.63. The van der Waals surface area contributed by atoms with Crippen LogP contribution in [0.3, 0.4) is 0 Å². The van der Waals surface area contributed by atoms with Crippen molar-refractivity contribution in [3.8, 4) is 11.5 Å². The van der Waals surface area contributed by atoms with Crippen LogP contribution >= 0.6 is 11.8 Å². The van der Waals surface area contributed by atoms with Gasteiger partial charge in [-0.15, -0.1) is 10.2 Å². The molecule has 1 amide bonds. The molecule has 0 aliphatic carbocycles. The molecule has 1 unspecified atom stereocenters. The van der Waals surface area contributed by atoms with Gasteiger partial charge in [0.25, 0.3) is 0 Å². The summed E-state index contributed by atoms with van der Waals surface area (Å²) in [6.07, 6.45) is -0.436. The molecule has 1 atom stereocenters. The van der Waals surface area contributed by atoms with E-state index in [-0.39, 0.29) is 5.75 Å². The Bertz CT molecular complexity index is 1020. The highest BCUT2D eigenvalue weighted by molar-refractivity contribution is 7.99. The Labute approximate surface area is 176 Å². The number of para-hydroxylation sites is 3. The minimum absolute atomic E-state index is 0.0957. The molecule has 158 valence electrons. The van der Waals surface area contributed by atoms with Crippen LogP contribution in [0.25, 0.3) is 0 Å². The molecule has 1 heterocycles. The minimum Gasteiger partial charge on any atom is -0.493 e. The number of hydrogen-bond acceptors (Lipinski definition) is 6. The Morgan fingerprint density at radius 3 is 2.47 bits per heavy atom. The lowest BCUT2D eigenvalue weighted by molar-refractivity contribution is -0.113. The molecule has 3 aromatic rings. The highest BCUT2D eigenvalue weighted by atomic mass is 32.2. The first-order valence-electron chi connectivity index (χ1n) is 8.96. The maximum Gasteiger partial charge on any atom is 0.235 e. The Morgan fingerprint density at radius 1 is 1.13 bits per heavy atom. The molecule has 0 bridgehead atoms. The zero-order valence-corrected chi connectivity index (χ0v) is 17.4. The zero-order chi connectivity index (χ0) is 21.7. The van der Waals surface area contributed by atoms with E-state index in [1.165, 1.54) is 6.07 Å². The van der Waals surface area contributed by atoms with Crippen LogP contribution in [0, 0.1) is 11.6 Å². The summed E-state index contributed by atoms with van der Waals surface area (Å²) < 4.78 is 40.2. The molecule has 0 saturated heterocycles. The smallest absolute Gasteiger partial charge is 0.235 e. The Hall–Kier alpha value is -3.14. The van der Waals surface area contributed by atoms with Crippen molar-refractivity contribution in [2.75, 3.05) is 18.2 Å². The van der Waals surface area contributed by atoms with Gasteiger partial charge in [0.05, 0.1) is 12.9 Å². The lowest BCUT2D eigenvalue weighted by atomic mass is 10.3. The molecule has 0 fully saturated rings. The van der Waals surface area contributed by atoms with Gasteiger partial charge in [-0.2, -0.15) is 0 Å². The quantitative estimate of drug-likeness (QED) is 0.541. The number of rotatable bonds is 8. The van der Waals surface area contributed by atoms with Gasteiger partial charge in [-0.25, -0.2) is 8.78 Å². The number of nitrogens with one attached hydrogen (secondary N) is 1. The largest absolute Gasteiger partial charge is 0.493 e. The molecular weight excluding hydrogens is 414 g/mol. The molecular formula is C20H20F2N4O3S. The average Bonchev–Trinajstić information content (AvgIpc) is 3.10. The summed E-state index contributed by atoms with van der Waals surface area (Å²) in [6.45, 7) is 1.82. The Kier molecular flexibility index (Phi) is 6.88. The number of amides is 1. The van der Waals surface area contributed by atoms with Crippen molar-refractivity contribution >= 4 is 23.4 Å². The molecule has 1 N–H and O–H groups in total. The summed E-state index contributed by atoms with van der Waals surface area (Å²) in [4.78, 5) is 12.1. The third kappa shape index (κ3) is 4.88. The van der Waals surface area contributed by atoms with Crippen molar-refractivity contribution in [3.63, 3.8) is 0 Å². The molecule has 7 nitrogen and oxygen atoms in total. The standard InChI is InChI=1S/C20H20F2N4O3S/c1-12(29-16-10-5-4-9-15(16)28-3)19-24-25-20(26(19)2)30-11-17(27)23-18-13(21)7-6-8-14(18)22/h4-10,12H,11H2,1-3H3,(H,23,27). The summed E-state index contributed by atoms with van der Waals surface area (Å²) in [5.74, 6) is -0.625. The van der Waals surface area contributed by atoms with Crippen molar-refractivity contribution < 1.29 is 23.0 Å². The second-order valence-electron chi connectivity index (χ2n) is 6.24. The van der Waals surface area contributed by atoms with Gasteiger partial charge >= 0.3 is 0 Å². The number of aromatic nitrogens is 3. The maximum absolute atomic E-state index is 13.7. The van der Waals surface area contributed by atoms with Crippen LogP contribution in [-0.4, -0.2) is 33.5 Å². The first-order chi connectivity index (χ1) is 14.4. The van der Waals surface area contributed by atoms with Gasteiger partial charge in [0, 0.05) is 7.05 Å². The van der Waals surface area contributed by atoms with E-state index in [0.29, 0.717) is 22.5 Å². The summed E-state index contributed by atoms with van der Waals surface area (Å²) in [7, 11) is 3.30. The number of methoxy groups -OCH3 is 1. The number of benzene rings is 2. The van der Waals surface area contributed by atoms with Gasteiger partial charge < -0.3 is 19.4 Å². The van der Waals surface area contributed by atoms with Crippen LogP contribution in [0.5, 0.6) is 11.5 Å². The molecule has 0 aliphatic heterocycles. The highest BCUT2D eigenvalue weighted by Gasteiger charge is 2.20. The highest BCUT2D eigenvalue weighted by Crippen LogP contribution is 2.30. The van der Waals surface area contributed by atoms with Gasteiger partial charge in [-0.05, 0) is 31.2 Å². The van der Waals surface area contributed by atoms with Gasteiger partial charge in [0.2, 0.25) is 5.91 Å². The van der Waals surface area contributed by atoms with Crippen LogP contribution in [0.15, 0.2) is 47.6 Å². The molecule has 0 saturated carbocycles. The van der Waals surface area contributed by atoms with Crippen LogP contribution in [0.1, 0.15) is 18.9 Å². The zero-order valence-electron chi connectivity index (χ0n) is 16.6. The third-order valence-corrected chi connectivity index (χ3v) is 5.18. The summed E-state index contributed by atoms with van der Waals surface area (Å²) in [5.41, 5.74) is -0.472. The predicted molar refractivity (Wildman–Crippen MR) is 109 cm³/mol. The van der Waals surface area contributed by atoms with E-state index in [1.54, 1.807) is 30.9 Å². The second-order valence-corrected chi connectivity index (χ2v) is 7.19. The molecule has 2 aromatic carbocycles. The van der Waals surface area contributed by atoms with Crippen molar-refractivity contribution in [1.82, 2.24) is 14.8 Å². The topological polar surface area (TPSA) is 78.3 Å². The van der Waals surface area contributed by atoms with Gasteiger partial charge in [-0.1, -0.05) is 30.0 Å². The summed E-state index contributed by atoms with van der Waals surface area (Å²) in [6, 6.07) is 10.6. The molecule has 10 heteroatoms. The molecule has 30 heavy (non-hydrogen) atoms. The van der Waals surface area contributed by atoms with E-state index in [1.807, 2.05) is 19.1 Å². The van der Waals surface area contributed by atoms with Crippen molar-refractivity contribution in [2.45, 2.75) is 18.2 Å².